The number of tetrazole rings is 1. The van der Waals surface area contributed by atoms with E-state index in [1.165, 1.54) is 0 Å². The first-order chi connectivity index (χ1) is 11.7. The number of pyridine rings is 1. The number of thioether (sulfide) groups is 1. The highest BCUT2D eigenvalue weighted by atomic mass is 32.2. The van der Waals surface area contributed by atoms with E-state index < -0.39 is 0 Å². The standard InChI is InChI=1S/C15H15N7S2/c16-11-7-17-4-3-9(11)10-1-2-12(24-8-5-18-6-8)14(23)13(10)15-19-21-22-20-15/h1-4,7-8,18,23H,5-6,16H2,(H,19,20,21,22). The molecule has 0 atom stereocenters. The van der Waals surface area contributed by atoms with Crippen LogP contribution in [0.15, 0.2) is 40.4 Å². The van der Waals surface area contributed by atoms with Crippen LogP contribution in [0.1, 0.15) is 0 Å². The van der Waals surface area contributed by atoms with Crippen LogP contribution < -0.4 is 11.1 Å². The molecule has 2 aromatic heterocycles. The highest BCUT2D eigenvalue weighted by Crippen LogP contribution is 2.42. The molecule has 0 aliphatic carbocycles. The van der Waals surface area contributed by atoms with Gasteiger partial charge in [-0.25, -0.2) is 0 Å². The number of aromatic amines is 1. The summed E-state index contributed by atoms with van der Waals surface area (Å²) < 4.78 is 0. The summed E-state index contributed by atoms with van der Waals surface area (Å²) in [5.41, 5.74) is 9.32. The van der Waals surface area contributed by atoms with Gasteiger partial charge in [-0.3, -0.25) is 4.98 Å². The highest BCUT2D eigenvalue weighted by Gasteiger charge is 2.23. The fourth-order valence-electron chi connectivity index (χ4n) is 2.56. The van der Waals surface area contributed by atoms with Gasteiger partial charge in [-0.15, -0.1) is 34.6 Å². The summed E-state index contributed by atoms with van der Waals surface area (Å²) in [6.07, 6.45) is 3.35. The number of nitrogen functional groups attached to an aromatic ring is 1. The van der Waals surface area contributed by atoms with E-state index in [0.29, 0.717) is 16.8 Å². The molecule has 3 heterocycles. The summed E-state index contributed by atoms with van der Waals surface area (Å²) in [6.45, 7) is 2.02. The van der Waals surface area contributed by atoms with Gasteiger partial charge in [-0.05, 0) is 22.9 Å². The van der Waals surface area contributed by atoms with Gasteiger partial charge in [0.15, 0.2) is 0 Å². The minimum atomic E-state index is 0.500. The van der Waals surface area contributed by atoms with Crippen LogP contribution in [0.4, 0.5) is 5.69 Å². The third-order valence-corrected chi connectivity index (χ3v) is 5.77. The van der Waals surface area contributed by atoms with E-state index >= 15 is 0 Å². The van der Waals surface area contributed by atoms with Gasteiger partial charge in [0, 0.05) is 45.5 Å². The summed E-state index contributed by atoms with van der Waals surface area (Å²) in [6, 6.07) is 5.99. The van der Waals surface area contributed by atoms with E-state index in [-0.39, 0.29) is 0 Å². The summed E-state index contributed by atoms with van der Waals surface area (Å²) in [4.78, 5) is 5.99. The van der Waals surface area contributed by atoms with E-state index in [4.69, 9.17) is 18.4 Å². The normalized spacial score (nSPS) is 14.5. The second-order valence-electron chi connectivity index (χ2n) is 5.43. The molecule has 4 rings (SSSR count). The van der Waals surface area contributed by atoms with Crippen molar-refractivity contribution >= 4 is 30.1 Å². The topological polar surface area (TPSA) is 105 Å². The Morgan fingerprint density at radius 3 is 2.75 bits per heavy atom. The van der Waals surface area contributed by atoms with Crippen molar-refractivity contribution < 1.29 is 0 Å². The molecule has 0 amide bonds. The number of rotatable bonds is 4. The fourth-order valence-corrected chi connectivity index (χ4v) is 4.14. The van der Waals surface area contributed by atoms with Crippen molar-refractivity contribution in [2.75, 3.05) is 18.8 Å². The molecule has 7 nitrogen and oxygen atoms in total. The first-order valence-electron chi connectivity index (χ1n) is 7.41. The van der Waals surface area contributed by atoms with E-state index in [0.717, 1.165) is 39.6 Å². The molecule has 1 aliphatic rings. The average Bonchev–Trinajstić information content (AvgIpc) is 3.06. The molecule has 4 N–H and O–H groups in total. The molecule has 0 spiro atoms. The summed E-state index contributed by atoms with van der Waals surface area (Å²) in [5.74, 6) is 0.500. The van der Waals surface area contributed by atoms with Gasteiger partial charge < -0.3 is 11.1 Å². The van der Waals surface area contributed by atoms with Crippen molar-refractivity contribution in [3.8, 4) is 22.5 Å². The number of thiol groups is 1. The maximum Gasteiger partial charge on any atom is 0.206 e. The number of nitrogens with one attached hydrogen (secondary N) is 2. The van der Waals surface area contributed by atoms with Crippen molar-refractivity contribution in [1.29, 1.82) is 0 Å². The molecule has 1 saturated heterocycles. The minimum absolute atomic E-state index is 0.500. The summed E-state index contributed by atoms with van der Waals surface area (Å²) >= 11 is 6.58. The van der Waals surface area contributed by atoms with Crippen LogP contribution in [0.5, 0.6) is 0 Å². The smallest absolute Gasteiger partial charge is 0.206 e. The summed E-state index contributed by atoms with van der Waals surface area (Å²) in [7, 11) is 0. The molecule has 3 aromatic rings. The predicted molar refractivity (Wildman–Crippen MR) is 97.0 cm³/mol. The Balaban J connectivity index is 1.87. The zero-order valence-corrected chi connectivity index (χ0v) is 14.3. The van der Waals surface area contributed by atoms with Gasteiger partial charge in [-0.1, -0.05) is 6.07 Å². The Hall–Kier alpha value is -2.10. The maximum atomic E-state index is 6.11. The number of nitrogens with zero attached hydrogens (tertiary/aromatic N) is 4. The molecule has 0 saturated carbocycles. The van der Waals surface area contributed by atoms with E-state index in [1.807, 2.05) is 23.9 Å². The van der Waals surface area contributed by atoms with Crippen LogP contribution in [0.3, 0.4) is 0 Å². The highest BCUT2D eigenvalue weighted by molar-refractivity contribution is 8.00. The zero-order chi connectivity index (χ0) is 16.5. The van der Waals surface area contributed by atoms with Crippen molar-refractivity contribution in [3.63, 3.8) is 0 Å². The Bertz CT molecular complexity index is 862. The first kappa shape index (κ1) is 15.4. The van der Waals surface area contributed by atoms with Gasteiger partial charge in [0.2, 0.25) is 5.82 Å². The second-order valence-corrected chi connectivity index (χ2v) is 7.22. The second kappa shape index (κ2) is 6.42. The number of anilines is 1. The van der Waals surface area contributed by atoms with Crippen LogP contribution in [0, 0.1) is 0 Å². The fraction of sp³-hybridized carbons (Fsp3) is 0.200. The molecule has 0 unspecified atom stereocenters. The molecule has 9 heteroatoms. The Labute approximate surface area is 148 Å². The number of hydrogen-bond acceptors (Lipinski definition) is 8. The van der Waals surface area contributed by atoms with Crippen molar-refractivity contribution in [2.45, 2.75) is 15.0 Å². The van der Waals surface area contributed by atoms with Gasteiger partial charge >= 0.3 is 0 Å². The van der Waals surface area contributed by atoms with Crippen LogP contribution >= 0.6 is 24.4 Å². The lowest BCUT2D eigenvalue weighted by Crippen LogP contribution is -2.44. The molecule has 1 aromatic carbocycles. The molecular weight excluding hydrogens is 342 g/mol. The van der Waals surface area contributed by atoms with Gasteiger partial charge in [0.25, 0.3) is 0 Å². The van der Waals surface area contributed by atoms with Crippen LogP contribution in [-0.4, -0.2) is 43.9 Å². The Kier molecular flexibility index (Phi) is 4.13. The Morgan fingerprint density at radius 1 is 1.21 bits per heavy atom. The van der Waals surface area contributed by atoms with Crippen LogP contribution in [-0.2, 0) is 0 Å². The van der Waals surface area contributed by atoms with Gasteiger partial charge in [0.1, 0.15) is 0 Å². The van der Waals surface area contributed by atoms with Crippen molar-refractivity contribution in [2.24, 2.45) is 0 Å². The Morgan fingerprint density at radius 2 is 2.08 bits per heavy atom. The number of aromatic nitrogens is 5. The zero-order valence-electron chi connectivity index (χ0n) is 12.6. The lowest BCUT2D eigenvalue weighted by Gasteiger charge is -2.27. The molecule has 122 valence electrons. The number of hydrogen-bond donors (Lipinski definition) is 4. The lowest BCUT2D eigenvalue weighted by atomic mass is 9.99. The van der Waals surface area contributed by atoms with Crippen LogP contribution in [0.25, 0.3) is 22.5 Å². The van der Waals surface area contributed by atoms with Gasteiger partial charge in [0.05, 0.1) is 11.9 Å². The van der Waals surface area contributed by atoms with Crippen molar-refractivity contribution in [3.05, 3.63) is 30.6 Å². The largest absolute Gasteiger partial charge is 0.397 e. The van der Waals surface area contributed by atoms with Gasteiger partial charge in [-0.2, -0.15) is 5.21 Å². The quantitative estimate of drug-likeness (QED) is 0.528. The average molecular weight is 357 g/mol. The number of nitrogens with two attached hydrogens (primary N) is 1. The number of H-pyrrole nitrogens is 1. The predicted octanol–water partition coefficient (Wildman–Crippen LogP) is 1.86. The molecule has 1 aliphatic heterocycles. The molecule has 0 radical (unpaired) electrons. The molecule has 1 fully saturated rings. The summed E-state index contributed by atoms with van der Waals surface area (Å²) in [5, 5.41) is 18.3. The monoisotopic (exact) mass is 357 g/mol. The maximum absolute atomic E-state index is 6.11. The SMILES string of the molecule is Nc1cnccc1-c1ccc(SC2CNC2)c(S)c1-c1nn[nH]n1. The first-order valence-corrected chi connectivity index (χ1v) is 8.73. The third kappa shape index (κ3) is 2.74. The number of benzene rings is 1. The van der Waals surface area contributed by atoms with E-state index in [9.17, 15) is 0 Å². The van der Waals surface area contributed by atoms with Crippen molar-refractivity contribution in [1.82, 2.24) is 30.9 Å². The minimum Gasteiger partial charge on any atom is -0.397 e. The lowest BCUT2D eigenvalue weighted by molar-refractivity contribution is 0.543. The molecule has 24 heavy (non-hydrogen) atoms. The third-order valence-electron chi connectivity index (χ3n) is 3.89. The van der Waals surface area contributed by atoms with E-state index in [1.54, 1.807) is 12.4 Å². The molecule has 0 bridgehead atoms. The molecular formula is C15H15N7S2. The van der Waals surface area contributed by atoms with E-state index in [2.05, 4.69) is 37.0 Å². The van der Waals surface area contributed by atoms with Crippen LogP contribution in [0.2, 0.25) is 0 Å².